The smallest absolute Gasteiger partial charge is 0.306 e. The largest absolute Gasteiger partial charge is 0.481 e. The van der Waals surface area contributed by atoms with Crippen LogP contribution >= 0.6 is 0 Å². The summed E-state index contributed by atoms with van der Waals surface area (Å²) >= 11 is 0. The first-order valence-electron chi connectivity index (χ1n) is 13.4. The molecule has 1 rings (SSSR count). The first-order chi connectivity index (χ1) is 15.3. The van der Waals surface area contributed by atoms with Crippen LogP contribution in [0.4, 0.5) is 0 Å². The minimum atomic E-state index is -0.751. The summed E-state index contributed by atoms with van der Waals surface area (Å²) in [6, 6.07) is 0. The minimum Gasteiger partial charge on any atom is -0.481 e. The average molecular weight is 465 g/mol. The van der Waals surface area contributed by atoms with E-state index in [9.17, 15) is 15.0 Å². The molecule has 192 valence electrons. The van der Waals surface area contributed by atoms with Crippen molar-refractivity contribution in [2.45, 2.75) is 131 Å². The Bertz CT molecular complexity index is 661. The molecule has 0 bridgehead atoms. The molecule has 0 aromatic rings. The van der Waals surface area contributed by atoms with Crippen molar-refractivity contribution >= 4 is 5.97 Å². The summed E-state index contributed by atoms with van der Waals surface area (Å²) in [7, 11) is 0. The fourth-order valence-corrected chi connectivity index (χ4v) is 4.97. The average Bonchev–Trinajstić information content (AvgIpc) is 2.73. The number of carboxylic acid groups (broad SMARTS) is 1. The van der Waals surface area contributed by atoms with E-state index in [-0.39, 0.29) is 17.9 Å². The van der Waals surface area contributed by atoms with Gasteiger partial charge >= 0.3 is 5.97 Å². The van der Waals surface area contributed by atoms with Gasteiger partial charge in [-0.1, -0.05) is 71.4 Å². The molecule has 33 heavy (non-hydrogen) atoms. The zero-order valence-electron chi connectivity index (χ0n) is 22.5. The SMILES string of the molecule is CC1=C(C)C(C)C(O)C=C1CCC(C)CCCC(C)CCCC(C)(O)CCCC(C)C(=O)O. The number of carbonyl (C=O) groups is 1. The number of hydrogen-bond donors (Lipinski definition) is 3. The molecular weight excluding hydrogens is 412 g/mol. The van der Waals surface area contributed by atoms with Crippen LogP contribution in [-0.2, 0) is 4.79 Å². The van der Waals surface area contributed by atoms with Crippen LogP contribution in [0.3, 0.4) is 0 Å². The molecule has 6 atom stereocenters. The second-order valence-corrected chi connectivity index (χ2v) is 11.5. The van der Waals surface area contributed by atoms with Crippen LogP contribution in [0.2, 0.25) is 0 Å². The number of allylic oxidation sites excluding steroid dienone is 2. The topological polar surface area (TPSA) is 77.8 Å². The highest BCUT2D eigenvalue weighted by molar-refractivity contribution is 5.69. The van der Waals surface area contributed by atoms with Crippen LogP contribution in [0.15, 0.2) is 22.8 Å². The molecule has 0 saturated carbocycles. The maximum Gasteiger partial charge on any atom is 0.306 e. The van der Waals surface area contributed by atoms with Gasteiger partial charge in [0.2, 0.25) is 0 Å². The van der Waals surface area contributed by atoms with E-state index in [1.54, 1.807) is 6.92 Å². The van der Waals surface area contributed by atoms with Gasteiger partial charge in [-0.2, -0.15) is 0 Å². The molecule has 4 heteroatoms. The summed E-state index contributed by atoms with van der Waals surface area (Å²) < 4.78 is 0. The molecule has 1 aliphatic carbocycles. The number of hydrogen-bond acceptors (Lipinski definition) is 3. The number of aliphatic hydroxyl groups excluding tert-OH is 1. The molecule has 0 saturated heterocycles. The van der Waals surface area contributed by atoms with E-state index in [4.69, 9.17) is 5.11 Å². The van der Waals surface area contributed by atoms with Gasteiger partial charge in [0.1, 0.15) is 0 Å². The van der Waals surface area contributed by atoms with E-state index in [0.29, 0.717) is 24.7 Å². The van der Waals surface area contributed by atoms with Crippen LogP contribution in [0, 0.1) is 23.7 Å². The standard InChI is InChI=1S/C29H52O4/c1-20(13-9-17-29(7,33)18-10-14-22(3)28(31)32)11-8-12-21(2)15-16-26-19-27(30)25(6)23(4)24(26)5/h19-22,25,27,30,33H,8-18H2,1-7H3,(H,31,32). The van der Waals surface area contributed by atoms with Crippen LogP contribution in [0.1, 0.15) is 119 Å². The normalized spacial score (nSPS) is 23.6. The van der Waals surface area contributed by atoms with Gasteiger partial charge < -0.3 is 15.3 Å². The van der Waals surface area contributed by atoms with Crippen molar-refractivity contribution in [2.24, 2.45) is 23.7 Å². The predicted octanol–water partition coefficient (Wildman–Crippen LogP) is 7.29. The number of aliphatic hydroxyl groups is 2. The fourth-order valence-electron chi connectivity index (χ4n) is 4.97. The maximum absolute atomic E-state index is 10.9. The van der Waals surface area contributed by atoms with Gasteiger partial charge in [0.25, 0.3) is 0 Å². The van der Waals surface area contributed by atoms with Crippen LogP contribution in [0.25, 0.3) is 0 Å². The molecule has 0 aliphatic heterocycles. The van der Waals surface area contributed by atoms with E-state index < -0.39 is 11.6 Å². The van der Waals surface area contributed by atoms with Crippen LogP contribution < -0.4 is 0 Å². The third-order valence-corrected chi connectivity index (χ3v) is 8.13. The molecule has 4 nitrogen and oxygen atoms in total. The summed E-state index contributed by atoms with van der Waals surface area (Å²) in [6.07, 6.45) is 12.7. The first kappa shape index (κ1) is 29.9. The first-order valence-corrected chi connectivity index (χ1v) is 13.4. The summed E-state index contributed by atoms with van der Waals surface area (Å²) in [5.41, 5.74) is 3.36. The zero-order valence-corrected chi connectivity index (χ0v) is 22.5. The summed E-state index contributed by atoms with van der Waals surface area (Å²) in [5, 5.41) is 29.8. The van der Waals surface area contributed by atoms with Crippen molar-refractivity contribution in [3.8, 4) is 0 Å². The second kappa shape index (κ2) is 14.3. The maximum atomic E-state index is 10.9. The molecular formula is C29H52O4. The third kappa shape index (κ3) is 11.2. The van der Waals surface area contributed by atoms with Gasteiger partial charge in [-0.25, -0.2) is 0 Å². The summed E-state index contributed by atoms with van der Waals surface area (Å²) in [6.45, 7) is 14.7. The van der Waals surface area contributed by atoms with Gasteiger partial charge in [0.05, 0.1) is 17.6 Å². The molecule has 6 unspecified atom stereocenters. The Labute approximate surface area is 203 Å². The van der Waals surface area contributed by atoms with Gasteiger partial charge in [-0.15, -0.1) is 0 Å². The highest BCUT2D eigenvalue weighted by atomic mass is 16.4. The monoisotopic (exact) mass is 464 g/mol. The molecule has 0 spiro atoms. The molecule has 0 radical (unpaired) electrons. The van der Waals surface area contributed by atoms with Crippen LogP contribution in [0.5, 0.6) is 0 Å². The summed E-state index contributed by atoms with van der Waals surface area (Å²) in [4.78, 5) is 10.9. The van der Waals surface area contributed by atoms with E-state index in [1.807, 2.05) is 6.92 Å². The molecule has 0 heterocycles. The molecule has 0 aromatic carbocycles. The Hall–Kier alpha value is -1.13. The third-order valence-electron chi connectivity index (χ3n) is 8.13. The van der Waals surface area contributed by atoms with Gasteiger partial charge in [-0.05, 0) is 82.3 Å². The number of aliphatic carboxylic acids is 1. The Morgan fingerprint density at radius 3 is 2.06 bits per heavy atom. The number of rotatable bonds is 16. The van der Waals surface area contributed by atoms with E-state index >= 15 is 0 Å². The zero-order chi connectivity index (χ0) is 25.2. The highest BCUT2D eigenvalue weighted by Crippen LogP contribution is 2.33. The lowest BCUT2D eigenvalue weighted by Gasteiger charge is -2.27. The van der Waals surface area contributed by atoms with E-state index in [0.717, 1.165) is 32.1 Å². The Balaban J connectivity index is 2.20. The minimum absolute atomic E-state index is 0.233. The van der Waals surface area contributed by atoms with Crippen molar-refractivity contribution in [1.82, 2.24) is 0 Å². The van der Waals surface area contributed by atoms with Crippen molar-refractivity contribution in [1.29, 1.82) is 0 Å². The number of carboxylic acids is 1. The summed E-state index contributed by atoms with van der Waals surface area (Å²) in [5.74, 6) is 0.515. The Morgan fingerprint density at radius 1 is 0.970 bits per heavy atom. The van der Waals surface area contributed by atoms with Crippen molar-refractivity contribution in [3.05, 3.63) is 22.8 Å². The van der Waals surface area contributed by atoms with Crippen molar-refractivity contribution < 1.29 is 20.1 Å². The highest BCUT2D eigenvalue weighted by Gasteiger charge is 2.23. The van der Waals surface area contributed by atoms with Crippen molar-refractivity contribution in [2.75, 3.05) is 0 Å². The molecule has 0 aromatic heterocycles. The van der Waals surface area contributed by atoms with Crippen molar-refractivity contribution in [3.63, 3.8) is 0 Å². The Kier molecular flexibility index (Phi) is 13.0. The molecule has 0 fully saturated rings. The second-order valence-electron chi connectivity index (χ2n) is 11.5. The van der Waals surface area contributed by atoms with Gasteiger partial charge in [-0.3, -0.25) is 4.79 Å². The lowest BCUT2D eigenvalue weighted by molar-refractivity contribution is -0.141. The van der Waals surface area contributed by atoms with Gasteiger partial charge in [0, 0.05) is 5.92 Å². The van der Waals surface area contributed by atoms with Gasteiger partial charge in [0.15, 0.2) is 0 Å². The quantitative estimate of drug-likeness (QED) is 0.224. The van der Waals surface area contributed by atoms with E-state index in [1.165, 1.54) is 42.4 Å². The fraction of sp³-hybridized carbons (Fsp3) is 0.828. The van der Waals surface area contributed by atoms with E-state index in [2.05, 4.69) is 40.7 Å². The molecule has 3 N–H and O–H groups in total. The molecule has 0 amide bonds. The predicted molar refractivity (Wildman–Crippen MR) is 138 cm³/mol. The lowest BCUT2D eigenvalue weighted by Crippen LogP contribution is -2.24. The molecule has 1 aliphatic rings. The lowest BCUT2D eigenvalue weighted by atomic mass is 9.81. The van der Waals surface area contributed by atoms with Crippen LogP contribution in [-0.4, -0.2) is 33.0 Å². The Morgan fingerprint density at radius 2 is 1.48 bits per heavy atom.